The fourth-order valence-electron chi connectivity index (χ4n) is 5.10. The summed E-state index contributed by atoms with van der Waals surface area (Å²) in [5, 5.41) is 2.74. The first kappa shape index (κ1) is 31.0. The number of rotatable bonds is 5. The number of piperazine rings is 1. The first-order chi connectivity index (χ1) is 20.6. The van der Waals surface area contributed by atoms with Crippen molar-refractivity contribution < 1.29 is 36.6 Å². The topological polar surface area (TPSA) is 105 Å². The van der Waals surface area contributed by atoms with Crippen LogP contribution in [0, 0.1) is 5.82 Å². The quantitative estimate of drug-likeness (QED) is 0.390. The van der Waals surface area contributed by atoms with Gasteiger partial charge in [-0.05, 0) is 64.9 Å². The molecule has 15 heteroatoms. The zero-order chi connectivity index (χ0) is 32.0. The van der Waals surface area contributed by atoms with Gasteiger partial charge in [0.25, 0.3) is 5.91 Å². The Kier molecular flexibility index (Phi) is 8.18. The van der Waals surface area contributed by atoms with Gasteiger partial charge >= 0.3 is 12.5 Å². The number of ether oxygens (including phenoxy) is 2. The van der Waals surface area contributed by atoms with Crippen molar-refractivity contribution in [1.82, 2.24) is 24.3 Å². The summed E-state index contributed by atoms with van der Waals surface area (Å²) in [4.78, 5) is 39.4. The largest absolute Gasteiger partial charge is 0.573 e. The number of nitrogens with zero attached hydrogens (tertiary/aromatic N) is 6. The summed E-state index contributed by atoms with van der Waals surface area (Å²) in [6.45, 7) is 9.69. The molecule has 1 N–H and O–H groups in total. The Bertz CT molecular complexity index is 1560. The lowest BCUT2D eigenvalue weighted by molar-refractivity contribution is -0.274. The fourth-order valence-corrected chi connectivity index (χ4v) is 5.10. The monoisotopic (exact) mass is 619 g/mol. The van der Waals surface area contributed by atoms with Crippen LogP contribution in [0.1, 0.15) is 43.6 Å². The van der Waals surface area contributed by atoms with Crippen LogP contribution in [0.25, 0.3) is 5.82 Å². The molecule has 2 amide bonds. The zero-order valence-electron chi connectivity index (χ0n) is 24.9. The highest BCUT2D eigenvalue weighted by molar-refractivity contribution is 6.05. The van der Waals surface area contributed by atoms with Crippen molar-refractivity contribution in [2.75, 3.05) is 43.4 Å². The standard InChI is InChI=1S/C29H33F4N7O4/c1-17-12-18-15-39(16-20(18)25(41)40(17)27(42)44-28(2,3)4)24-21(30)14-34-26(36-24)35-22-13-19(38-10-8-37(5)9-11-38)6-7-23(22)43-29(31,32)33/h6-7,13-17H,8-12H2,1-5H3,(H,34,35,36). The van der Waals surface area contributed by atoms with Gasteiger partial charge in [0.1, 0.15) is 5.60 Å². The predicted molar refractivity (Wildman–Crippen MR) is 153 cm³/mol. The third kappa shape index (κ3) is 6.87. The molecule has 1 atom stereocenters. The number of anilines is 3. The van der Waals surface area contributed by atoms with E-state index in [2.05, 4.69) is 24.9 Å². The molecule has 4 heterocycles. The lowest BCUT2D eigenvalue weighted by Gasteiger charge is -2.34. The molecule has 44 heavy (non-hydrogen) atoms. The third-order valence-corrected chi connectivity index (χ3v) is 7.18. The maximum Gasteiger partial charge on any atom is 0.573 e. The summed E-state index contributed by atoms with van der Waals surface area (Å²) in [6.07, 6.45) is -1.71. The summed E-state index contributed by atoms with van der Waals surface area (Å²) >= 11 is 0. The van der Waals surface area contributed by atoms with Gasteiger partial charge in [-0.3, -0.25) is 4.79 Å². The van der Waals surface area contributed by atoms with Crippen LogP contribution in [-0.4, -0.2) is 87.6 Å². The van der Waals surface area contributed by atoms with E-state index in [0.717, 1.165) is 24.2 Å². The molecule has 1 fully saturated rings. The third-order valence-electron chi connectivity index (χ3n) is 7.18. The molecule has 0 saturated carbocycles. The number of benzene rings is 1. The summed E-state index contributed by atoms with van der Waals surface area (Å²) < 4.78 is 65.6. The number of hydrogen-bond donors (Lipinski definition) is 1. The van der Waals surface area contributed by atoms with E-state index in [1.54, 1.807) is 27.7 Å². The number of fused-ring (bicyclic) bond motifs is 1. The lowest BCUT2D eigenvalue weighted by Crippen LogP contribution is -2.49. The Morgan fingerprint density at radius 3 is 2.45 bits per heavy atom. The minimum Gasteiger partial charge on any atom is -0.443 e. The smallest absolute Gasteiger partial charge is 0.443 e. The maximum absolute atomic E-state index is 15.0. The number of imide groups is 1. The van der Waals surface area contributed by atoms with Gasteiger partial charge in [0, 0.05) is 50.3 Å². The number of amides is 2. The van der Waals surface area contributed by atoms with E-state index in [-0.39, 0.29) is 23.0 Å². The van der Waals surface area contributed by atoms with Gasteiger partial charge in [-0.2, -0.15) is 4.98 Å². The lowest BCUT2D eigenvalue weighted by atomic mass is 9.99. The molecule has 5 rings (SSSR count). The van der Waals surface area contributed by atoms with Gasteiger partial charge in [-0.25, -0.2) is 19.1 Å². The van der Waals surface area contributed by atoms with Crippen molar-refractivity contribution in [2.45, 2.75) is 52.1 Å². The number of likely N-dealkylation sites (N-methyl/N-ethyl adjacent to an activating group) is 1. The van der Waals surface area contributed by atoms with Crippen molar-refractivity contribution in [3.8, 4) is 11.6 Å². The van der Waals surface area contributed by atoms with Gasteiger partial charge in [0.2, 0.25) is 5.95 Å². The van der Waals surface area contributed by atoms with Crippen LogP contribution in [0.3, 0.4) is 0 Å². The molecule has 0 aliphatic carbocycles. The van der Waals surface area contributed by atoms with Crippen LogP contribution in [0.4, 0.5) is 39.7 Å². The summed E-state index contributed by atoms with van der Waals surface area (Å²) in [5.74, 6) is -2.41. The van der Waals surface area contributed by atoms with Gasteiger partial charge in [0.05, 0.1) is 17.4 Å². The summed E-state index contributed by atoms with van der Waals surface area (Å²) in [6, 6.07) is 3.72. The summed E-state index contributed by atoms with van der Waals surface area (Å²) in [5.41, 5.74) is 0.516. The molecule has 0 radical (unpaired) electrons. The van der Waals surface area contributed by atoms with E-state index in [1.165, 1.54) is 35.2 Å². The van der Waals surface area contributed by atoms with Crippen LogP contribution in [0.15, 0.2) is 36.8 Å². The number of hydrogen-bond acceptors (Lipinski definition) is 9. The van der Waals surface area contributed by atoms with E-state index in [1.807, 2.05) is 11.9 Å². The molecule has 1 aromatic carbocycles. The van der Waals surface area contributed by atoms with Crippen LogP contribution in [0.2, 0.25) is 0 Å². The van der Waals surface area contributed by atoms with Gasteiger partial charge in [-0.15, -0.1) is 13.2 Å². The Labute approximate surface area is 251 Å². The molecule has 0 bridgehead atoms. The SMILES string of the molecule is CC1Cc2cn(-c3nc(Nc4cc(N5CCN(C)CC5)ccc4OC(F)(F)F)ncc3F)cc2C(=O)N1C(=O)OC(C)(C)C. The Morgan fingerprint density at radius 1 is 1.09 bits per heavy atom. The van der Waals surface area contributed by atoms with Crippen LogP contribution < -0.4 is 15.0 Å². The average molecular weight is 620 g/mol. The predicted octanol–water partition coefficient (Wildman–Crippen LogP) is 5.12. The van der Waals surface area contributed by atoms with E-state index in [0.29, 0.717) is 30.8 Å². The average Bonchev–Trinajstić information content (AvgIpc) is 3.33. The normalized spacial score (nSPS) is 17.8. The van der Waals surface area contributed by atoms with Gasteiger partial charge in [0.15, 0.2) is 17.4 Å². The molecular formula is C29H33F4N7O4. The number of nitrogens with one attached hydrogen (secondary N) is 1. The second kappa shape index (κ2) is 11.6. The van der Waals surface area contributed by atoms with Crippen molar-refractivity contribution in [3.05, 3.63) is 53.7 Å². The van der Waals surface area contributed by atoms with Crippen molar-refractivity contribution in [2.24, 2.45) is 0 Å². The highest BCUT2D eigenvalue weighted by atomic mass is 19.4. The molecular weight excluding hydrogens is 586 g/mol. The Hall–Kier alpha value is -4.40. The first-order valence-electron chi connectivity index (χ1n) is 14.0. The van der Waals surface area contributed by atoms with Gasteiger partial charge in [-0.1, -0.05) is 0 Å². The second-order valence-electron chi connectivity index (χ2n) is 11.8. The molecule has 3 aromatic rings. The molecule has 1 saturated heterocycles. The van der Waals surface area contributed by atoms with E-state index in [9.17, 15) is 22.8 Å². The highest BCUT2D eigenvalue weighted by Gasteiger charge is 2.38. The molecule has 1 unspecified atom stereocenters. The van der Waals surface area contributed by atoms with Crippen molar-refractivity contribution in [3.63, 3.8) is 0 Å². The number of alkyl halides is 3. The number of carbonyl (C=O) groups excluding carboxylic acids is 2. The van der Waals surface area contributed by atoms with E-state index in [4.69, 9.17) is 4.74 Å². The highest BCUT2D eigenvalue weighted by Crippen LogP contribution is 2.36. The molecule has 236 valence electrons. The van der Waals surface area contributed by atoms with Crippen molar-refractivity contribution in [1.29, 1.82) is 0 Å². The van der Waals surface area contributed by atoms with Crippen LogP contribution in [0.5, 0.6) is 5.75 Å². The van der Waals surface area contributed by atoms with Crippen molar-refractivity contribution >= 4 is 29.3 Å². The van der Waals surface area contributed by atoms with Gasteiger partial charge < -0.3 is 29.2 Å². The maximum atomic E-state index is 15.0. The zero-order valence-corrected chi connectivity index (χ0v) is 24.9. The Balaban J connectivity index is 1.44. The van der Waals surface area contributed by atoms with E-state index < -0.39 is 41.6 Å². The number of aromatic nitrogens is 3. The minimum atomic E-state index is -4.96. The first-order valence-corrected chi connectivity index (χ1v) is 14.0. The molecule has 2 aromatic heterocycles. The molecule has 11 nitrogen and oxygen atoms in total. The number of carbonyl (C=O) groups is 2. The second-order valence-corrected chi connectivity index (χ2v) is 11.8. The Morgan fingerprint density at radius 2 is 1.80 bits per heavy atom. The molecule has 2 aliphatic rings. The van der Waals surface area contributed by atoms with Crippen LogP contribution in [-0.2, 0) is 11.2 Å². The molecule has 0 spiro atoms. The minimum absolute atomic E-state index is 0.0693. The fraction of sp³-hybridized carbons (Fsp3) is 0.448. The van der Waals surface area contributed by atoms with E-state index >= 15 is 4.39 Å². The molecule has 2 aliphatic heterocycles. The summed E-state index contributed by atoms with van der Waals surface area (Å²) in [7, 11) is 1.99. The van der Waals surface area contributed by atoms with Crippen LogP contribution >= 0.6 is 0 Å². The number of halogens is 4.